The minimum atomic E-state index is 0.226. The molecule has 0 spiro atoms. The molecular formula is C16H26BrNO. The van der Waals surface area contributed by atoms with Crippen LogP contribution in [0.5, 0.6) is 0 Å². The van der Waals surface area contributed by atoms with E-state index in [0.717, 1.165) is 31.6 Å². The molecule has 2 nitrogen and oxygen atoms in total. The summed E-state index contributed by atoms with van der Waals surface area (Å²) in [5.74, 6) is 0. The lowest BCUT2D eigenvalue weighted by molar-refractivity contribution is 0.148. The standard InChI is InChI=1S/C16H26BrNO/c1-16(2,3)15-7-5-14(6-8-15)13-18(10-9-17)11-12-19-4/h5-8H,9-13H2,1-4H3. The Bertz CT molecular complexity index is 356. The van der Waals surface area contributed by atoms with Crippen molar-refractivity contribution in [2.45, 2.75) is 32.7 Å². The lowest BCUT2D eigenvalue weighted by atomic mass is 9.87. The molecule has 19 heavy (non-hydrogen) atoms. The molecule has 0 aliphatic carbocycles. The Kier molecular flexibility index (Phi) is 7.05. The second kappa shape index (κ2) is 8.03. The van der Waals surface area contributed by atoms with Gasteiger partial charge in [-0.3, -0.25) is 4.90 Å². The minimum Gasteiger partial charge on any atom is -0.383 e. The maximum Gasteiger partial charge on any atom is 0.0589 e. The molecule has 0 aliphatic heterocycles. The van der Waals surface area contributed by atoms with Crippen molar-refractivity contribution in [1.29, 1.82) is 0 Å². The van der Waals surface area contributed by atoms with Gasteiger partial charge in [-0.25, -0.2) is 0 Å². The number of rotatable bonds is 7. The average molecular weight is 328 g/mol. The van der Waals surface area contributed by atoms with E-state index in [1.807, 2.05) is 0 Å². The van der Waals surface area contributed by atoms with Gasteiger partial charge in [0, 0.05) is 32.1 Å². The van der Waals surface area contributed by atoms with Crippen LogP contribution in [0.3, 0.4) is 0 Å². The maximum absolute atomic E-state index is 5.16. The molecule has 0 aliphatic rings. The average Bonchev–Trinajstić information content (AvgIpc) is 2.36. The van der Waals surface area contributed by atoms with Gasteiger partial charge in [0.2, 0.25) is 0 Å². The first-order valence-corrected chi connectivity index (χ1v) is 7.96. The quantitative estimate of drug-likeness (QED) is 0.706. The van der Waals surface area contributed by atoms with Crippen LogP contribution in [-0.4, -0.2) is 37.0 Å². The first-order chi connectivity index (χ1) is 8.97. The molecule has 1 aromatic carbocycles. The van der Waals surface area contributed by atoms with E-state index >= 15 is 0 Å². The highest BCUT2D eigenvalue weighted by Crippen LogP contribution is 2.22. The summed E-state index contributed by atoms with van der Waals surface area (Å²) >= 11 is 3.51. The van der Waals surface area contributed by atoms with Gasteiger partial charge >= 0.3 is 0 Å². The lowest BCUT2D eigenvalue weighted by Gasteiger charge is -2.22. The van der Waals surface area contributed by atoms with E-state index < -0.39 is 0 Å². The molecule has 3 heteroatoms. The molecule has 1 aromatic rings. The van der Waals surface area contributed by atoms with Gasteiger partial charge in [0.15, 0.2) is 0 Å². The Balaban J connectivity index is 2.64. The summed E-state index contributed by atoms with van der Waals surface area (Å²) in [6.07, 6.45) is 0. The van der Waals surface area contributed by atoms with Crippen molar-refractivity contribution in [2.24, 2.45) is 0 Å². The smallest absolute Gasteiger partial charge is 0.0589 e. The molecule has 0 atom stereocenters. The number of alkyl halides is 1. The van der Waals surface area contributed by atoms with Crippen molar-refractivity contribution in [3.8, 4) is 0 Å². The summed E-state index contributed by atoms with van der Waals surface area (Å²) in [6, 6.07) is 8.99. The summed E-state index contributed by atoms with van der Waals surface area (Å²) in [7, 11) is 1.75. The van der Waals surface area contributed by atoms with Crippen LogP contribution < -0.4 is 0 Å². The maximum atomic E-state index is 5.16. The number of methoxy groups -OCH3 is 1. The van der Waals surface area contributed by atoms with Crippen molar-refractivity contribution in [2.75, 3.05) is 32.1 Å². The Morgan fingerprint density at radius 1 is 1.11 bits per heavy atom. The van der Waals surface area contributed by atoms with E-state index in [4.69, 9.17) is 4.74 Å². The molecule has 0 saturated carbocycles. The zero-order valence-electron chi connectivity index (χ0n) is 12.6. The zero-order chi connectivity index (χ0) is 14.3. The third-order valence-corrected chi connectivity index (χ3v) is 3.59. The summed E-state index contributed by atoms with van der Waals surface area (Å²) in [6.45, 7) is 10.5. The highest BCUT2D eigenvalue weighted by atomic mass is 79.9. The molecule has 0 radical (unpaired) electrons. The number of hydrogen-bond acceptors (Lipinski definition) is 2. The highest BCUT2D eigenvalue weighted by molar-refractivity contribution is 9.09. The van der Waals surface area contributed by atoms with Gasteiger partial charge < -0.3 is 4.74 Å². The zero-order valence-corrected chi connectivity index (χ0v) is 14.2. The van der Waals surface area contributed by atoms with Gasteiger partial charge in [0.25, 0.3) is 0 Å². The van der Waals surface area contributed by atoms with Crippen LogP contribution in [0.2, 0.25) is 0 Å². The van der Waals surface area contributed by atoms with E-state index in [1.54, 1.807) is 7.11 Å². The van der Waals surface area contributed by atoms with Gasteiger partial charge in [-0.05, 0) is 16.5 Å². The summed E-state index contributed by atoms with van der Waals surface area (Å²) in [5, 5.41) is 0.997. The normalized spacial score (nSPS) is 12.1. The fourth-order valence-corrected chi connectivity index (χ4v) is 2.48. The Hall–Kier alpha value is -0.380. The van der Waals surface area contributed by atoms with Crippen LogP contribution in [0.4, 0.5) is 0 Å². The van der Waals surface area contributed by atoms with Crippen LogP contribution in [0.25, 0.3) is 0 Å². The van der Waals surface area contributed by atoms with Crippen molar-refractivity contribution in [3.63, 3.8) is 0 Å². The van der Waals surface area contributed by atoms with E-state index in [9.17, 15) is 0 Å². The molecule has 0 N–H and O–H groups in total. The molecule has 0 unspecified atom stereocenters. The summed E-state index contributed by atoms with van der Waals surface area (Å²) in [5.41, 5.74) is 2.98. The predicted molar refractivity (Wildman–Crippen MR) is 86.1 cm³/mol. The van der Waals surface area contributed by atoms with Crippen LogP contribution in [0, 0.1) is 0 Å². The number of nitrogens with zero attached hydrogens (tertiary/aromatic N) is 1. The monoisotopic (exact) mass is 327 g/mol. The van der Waals surface area contributed by atoms with Crippen molar-refractivity contribution in [3.05, 3.63) is 35.4 Å². The molecular weight excluding hydrogens is 302 g/mol. The van der Waals surface area contributed by atoms with Gasteiger partial charge in [0.05, 0.1) is 6.61 Å². The van der Waals surface area contributed by atoms with Crippen LogP contribution in [-0.2, 0) is 16.7 Å². The number of halogens is 1. The first-order valence-electron chi connectivity index (χ1n) is 6.84. The second-order valence-corrected chi connectivity index (χ2v) is 6.70. The molecule has 0 fully saturated rings. The fourth-order valence-electron chi connectivity index (χ4n) is 1.98. The molecule has 0 saturated heterocycles. The first kappa shape index (κ1) is 16.7. The molecule has 0 aromatic heterocycles. The van der Waals surface area contributed by atoms with Crippen LogP contribution in [0.15, 0.2) is 24.3 Å². The topological polar surface area (TPSA) is 12.5 Å². The Morgan fingerprint density at radius 2 is 1.74 bits per heavy atom. The van der Waals surface area contributed by atoms with Crippen molar-refractivity contribution in [1.82, 2.24) is 4.90 Å². The van der Waals surface area contributed by atoms with Crippen LogP contribution in [0.1, 0.15) is 31.9 Å². The summed E-state index contributed by atoms with van der Waals surface area (Å²) in [4.78, 5) is 2.41. The number of ether oxygens (including phenoxy) is 1. The van der Waals surface area contributed by atoms with Crippen molar-refractivity contribution < 1.29 is 4.74 Å². The fraction of sp³-hybridized carbons (Fsp3) is 0.625. The second-order valence-electron chi connectivity index (χ2n) is 5.90. The molecule has 0 bridgehead atoms. The number of benzene rings is 1. The highest BCUT2D eigenvalue weighted by Gasteiger charge is 2.13. The van der Waals surface area contributed by atoms with Crippen LogP contribution >= 0.6 is 15.9 Å². The van der Waals surface area contributed by atoms with Gasteiger partial charge in [-0.2, -0.15) is 0 Å². The number of hydrogen-bond donors (Lipinski definition) is 0. The lowest BCUT2D eigenvalue weighted by Crippen LogP contribution is -2.28. The van der Waals surface area contributed by atoms with E-state index in [-0.39, 0.29) is 5.41 Å². The van der Waals surface area contributed by atoms with Gasteiger partial charge in [-0.15, -0.1) is 0 Å². The molecule has 0 heterocycles. The third kappa shape index (κ3) is 6.07. The van der Waals surface area contributed by atoms with E-state index in [0.29, 0.717) is 0 Å². The molecule has 0 amide bonds. The van der Waals surface area contributed by atoms with Gasteiger partial charge in [0.1, 0.15) is 0 Å². The molecule has 1 rings (SSSR count). The third-order valence-electron chi connectivity index (χ3n) is 3.24. The minimum absolute atomic E-state index is 0.226. The SMILES string of the molecule is COCCN(CCBr)Cc1ccc(C(C)(C)C)cc1. The van der Waals surface area contributed by atoms with E-state index in [1.165, 1.54) is 11.1 Å². The van der Waals surface area contributed by atoms with Crippen molar-refractivity contribution >= 4 is 15.9 Å². The molecule has 108 valence electrons. The van der Waals surface area contributed by atoms with E-state index in [2.05, 4.69) is 65.9 Å². The summed E-state index contributed by atoms with van der Waals surface area (Å²) < 4.78 is 5.16. The Morgan fingerprint density at radius 3 is 2.21 bits per heavy atom. The van der Waals surface area contributed by atoms with Gasteiger partial charge in [-0.1, -0.05) is 61.0 Å². The largest absolute Gasteiger partial charge is 0.383 e. The Labute approximate surface area is 126 Å². The predicted octanol–water partition coefficient (Wildman–Crippen LogP) is 3.83.